The third-order valence-electron chi connectivity index (χ3n) is 4.17. The number of piperidine rings is 1. The number of rotatable bonds is 5. The van der Waals surface area contributed by atoms with Crippen molar-refractivity contribution < 1.29 is 28.2 Å². The molecule has 0 saturated carbocycles. The Morgan fingerprint density at radius 1 is 1.26 bits per heavy atom. The van der Waals surface area contributed by atoms with Crippen LogP contribution in [0.1, 0.15) is 40.0 Å². The Morgan fingerprint density at radius 3 is 2.22 bits per heavy atom. The molecule has 0 aromatic rings. The van der Waals surface area contributed by atoms with Crippen LogP contribution in [-0.4, -0.2) is 59.2 Å². The molecular formula is C15H27F3N2O3. The average molecular weight is 340 g/mol. The van der Waals surface area contributed by atoms with E-state index in [-0.39, 0.29) is 37.4 Å². The van der Waals surface area contributed by atoms with E-state index in [1.165, 1.54) is 4.90 Å². The fourth-order valence-corrected chi connectivity index (χ4v) is 2.98. The summed E-state index contributed by atoms with van der Waals surface area (Å²) in [7, 11) is 0. The lowest BCUT2D eigenvalue weighted by Crippen LogP contribution is -2.49. The molecule has 0 aromatic heterocycles. The molecule has 136 valence electrons. The lowest BCUT2D eigenvalue weighted by Gasteiger charge is -2.35. The van der Waals surface area contributed by atoms with Gasteiger partial charge in [0.2, 0.25) is 0 Å². The first kappa shape index (κ1) is 20.0. The molecule has 23 heavy (non-hydrogen) atoms. The predicted octanol–water partition coefficient (Wildman–Crippen LogP) is 2.13. The fraction of sp³-hybridized carbons (Fsp3) is 0.933. The molecule has 0 radical (unpaired) electrons. The molecule has 1 fully saturated rings. The molecule has 2 atom stereocenters. The van der Waals surface area contributed by atoms with E-state index in [9.17, 15) is 28.2 Å². The van der Waals surface area contributed by atoms with Gasteiger partial charge >= 0.3 is 12.2 Å². The molecule has 2 unspecified atom stereocenters. The molecule has 0 bridgehead atoms. The van der Waals surface area contributed by atoms with Gasteiger partial charge in [-0.1, -0.05) is 13.8 Å². The van der Waals surface area contributed by atoms with Gasteiger partial charge in [0.05, 0.1) is 6.10 Å². The summed E-state index contributed by atoms with van der Waals surface area (Å²) in [6.07, 6.45) is -6.61. The number of alkyl halides is 3. The van der Waals surface area contributed by atoms with Gasteiger partial charge in [0.15, 0.2) is 6.10 Å². The van der Waals surface area contributed by atoms with Crippen LogP contribution in [0.4, 0.5) is 18.0 Å². The number of nitrogens with zero attached hydrogens (tertiary/aromatic N) is 1. The van der Waals surface area contributed by atoms with Gasteiger partial charge in [0, 0.05) is 19.6 Å². The Bertz CT molecular complexity index is 392. The van der Waals surface area contributed by atoms with E-state index in [2.05, 4.69) is 5.32 Å². The maximum absolute atomic E-state index is 12.5. The Morgan fingerprint density at radius 2 is 1.78 bits per heavy atom. The number of aliphatic hydroxyl groups excluding tert-OH is 2. The van der Waals surface area contributed by atoms with Crippen molar-refractivity contribution in [2.75, 3.05) is 19.6 Å². The van der Waals surface area contributed by atoms with E-state index in [1.807, 2.05) is 13.8 Å². The maximum Gasteiger partial charge on any atom is 0.414 e. The molecule has 3 N–H and O–H groups in total. The Hall–Kier alpha value is -1.02. The summed E-state index contributed by atoms with van der Waals surface area (Å²) in [5.74, 6) is -0.856. The highest BCUT2D eigenvalue weighted by Gasteiger charge is 2.44. The minimum atomic E-state index is -4.61. The van der Waals surface area contributed by atoms with E-state index in [1.54, 1.807) is 6.92 Å². The molecule has 1 heterocycles. The van der Waals surface area contributed by atoms with Crippen molar-refractivity contribution in [2.24, 2.45) is 11.3 Å². The quantitative estimate of drug-likeness (QED) is 0.718. The molecule has 1 saturated heterocycles. The molecule has 0 aliphatic carbocycles. The zero-order chi connectivity index (χ0) is 17.8. The summed E-state index contributed by atoms with van der Waals surface area (Å²) in [5, 5.41) is 21.4. The van der Waals surface area contributed by atoms with Crippen LogP contribution in [0.5, 0.6) is 0 Å². The molecule has 5 nitrogen and oxygen atoms in total. The number of urea groups is 1. The summed E-state index contributed by atoms with van der Waals surface area (Å²) in [6, 6.07) is -0.316. The summed E-state index contributed by atoms with van der Waals surface area (Å²) in [6.45, 7) is 6.29. The smallest absolute Gasteiger partial charge is 0.393 e. The first-order valence-corrected chi connectivity index (χ1v) is 7.88. The zero-order valence-corrected chi connectivity index (χ0v) is 13.9. The number of halogens is 3. The summed E-state index contributed by atoms with van der Waals surface area (Å²) < 4.78 is 37.4. The standard InChI is InChI=1S/C15H27F3N2O3/c1-10(21)8-14(2,3)9-19-13(23)20-6-4-11(5-7-20)12(22)15(16,17)18/h10-12,21-22H,4-9H2,1-3H3,(H,19,23). The zero-order valence-electron chi connectivity index (χ0n) is 13.9. The Kier molecular flexibility index (Phi) is 6.70. The molecule has 0 aromatic carbocycles. The molecule has 2 amide bonds. The Balaban J connectivity index is 2.41. The van der Waals surface area contributed by atoms with E-state index < -0.39 is 24.3 Å². The van der Waals surface area contributed by atoms with Crippen molar-refractivity contribution in [3.8, 4) is 0 Å². The van der Waals surface area contributed by atoms with Crippen molar-refractivity contribution in [1.29, 1.82) is 0 Å². The van der Waals surface area contributed by atoms with Crippen LogP contribution in [0, 0.1) is 11.3 Å². The SMILES string of the molecule is CC(O)CC(C)(C)CNC(=O)N1CCC(C(O)C(F)(F)F)CC1. The van der Waals surface area contributed by atoms with E-state index in [0.29, 0.717) is 13.0 Å². The largest absolute Gasteiger partial charge is 0.414 e. The van der Waals surface area contributed by atoms with Gasteiger partial charge in [-0.25, -0.2) is 4.79 Å². The van der Waals surface area contributed by atoms with Crippen LogP contribution in [-0.2, 0) is 0 Å². The summed E-state index contributed by atoms with van der Waals surface area (Å²) >= 11 is 0. The number of aliphatic hydroxyl groups is 2. The maximum atomic E-state index is 12.5. The molecule has 1 rings (SSSR count). The first-order chi connectivity index (χ1) is 10.4. The topological polar surface area (TPSA) is 72.8 Å². The summed E-state index contributed by atoms with van der Waals surface area (Å²) in [4.78, 5) is 13.5. The first-order valence-electron chi connectivity index (χ1n) is 7.88. The average Bonchev–Trinajstić information content (AvgIpc) is 2.42. The second-order valence-electron chi connectivity index (χ2n) is 7.19. The van der Waals surface area contributed by atoms with Crippen LogP contribution >= 0.6 is 0 Å². The highest BCUT2D eigenvalue weighted by Crippen LogP contribution is 2.31. The molecule has 0 spiro atoms. The molecular weight excluding hydrogens is 313 g/mol. The number of amides is 2. The van der Waals surface area contributed by atoms with Crippen LogP contribution < -0.4 is 5.32 Å². The van der Waals surface area contributed by atoms with E-state index in [0.717, 1.165) is 0 Å². The number of nitrogens with one attached hydrogen (secondary N) is 1. The number of hydrogen-bond donors (Lipinski definition) is 3. The van der Waals surface area contributed by atoms with Gasteiger partial charge in [0.1, 0.15) is 0 Å². The fourth-order valence-electron chi connectivity index (χ4n) is 2.98. The lowest BCUT2D eigenvalue weighted by molar-refractivity contribution is -0.222. The normalized spacial score (nSPS) is 20.3. The van der Waals surface area contributed by atoms with E-state index >= 15 is 0 Å². The van der Waals surface area contributed by atoms with Crippen LogP contribution in [0.25, 0.3) is 0 Å². The third-order valence-corrected chi connectivity index (χ3v) is 4.17. The number of hydrogen-bond acceptors (Lipinski definition) is 3. The van der Waals surface area contributed by atoms with Gasteiger partial charge in [-0.05, 0) is 37.5 Å². The van der Waals surface area contributed by atoms with Gasteiger partial charge in [0.25, 0.3) is 0 Å². The van der Waals surface area contributed by atoms with E-state index in [4.69, 9.17) is 0 Å². The highest BCUT2D eigenvalue weighted by atomic mass is 19.4. The lowest BCUT2D eigenvalue weighted by atomic mass is 9.87. The molecule has 8 heteroatoms. The van der Waals surface area contributed by atoms with Crippen LogP contribution in [0.2, 0.25) is 0 Å². The monoisotopic (exact) mass is 340 g/mol. The van der Waals surface area contributed by atoms with Crippen molar-refractivity contribution in [2.45, 2.75) is 58.4 Å². The van der Waals surface area contributed by atoms with Gasteiger partial charge in [-0.2, -0.15) is 13.2 Å². The number of likely N-dealkylation sites (tertiary alicyclic amines) is 1. The minimum absolute atomic E-state index is 0.130. The van der Waals surface area contributed by atoms with Crippen LogP contribution in [0.15, 0.2) is 0 Å². The second kappa shape index (κ2) is 7.70. The summed E-state index contributed by atoms with van der Waals surface area (Å²) in [5.41, 5.74) is -0.269. The highest BCUT2D eigenvalue weighted by molar-refractivity contribution is 5.74. The molecule has 1 aliphatic rings. The van der Waals surface area contributed by atoms with Crippen molar-refractivity contribution in [3.63, 3.8) is 0 Å². The predicted molar refractivity (Wildman–Crippen MR) is 79.8 cm³/mol. The van der Waals surface area contributed by atoms with Crippen molar-refractivity contribution >= 4 is 6.03 Å². The number of carbonyl (C=O) groups excluding carboxylic acids is 1. The van der Waals surface area contributed by atoms with Crippen LogP contribution in [0.3, 0.4) is 0 Å². The molecule has 1 aliphatic heterocycles. The van der Waals surface area contributed by atoms with Crippen molar-refractivity contribution in [3.05, 3.63) is 0 Å². The Labute approximate surface area is 134 Å². The van der Waals surface area contributed by atoms with Gasteiger partial charge in [-0.3, -0.25) is 0 Å². The third kappa shape index (κ3) is 6.55. The van der Waals surface area contributed by atoms with Gasteiger partial charge in [-0.15, -0.1) is 0 Å². The number of carbonyl (C=O) groups is 1. The van der Waals surface area contributed by atoms with Gasteiger partial charge < -0.3 is 20.4 Å². The van der Waals surface area contributed by atoms with Crippen molar-refractivity contribution in [1.82, 2.24) is 10.2 Å². The second-order valence-corrected chi connectivity index (χ2v) is 7.19. The minimum Gasteiger partial charge on any atom is -0.393 e.